The summed E-state index contributed by atoms with van der Waals surface area (Å²) in [7, 11) is 0. The van der Waals surface area contributed by atoms with E-state index >= 15 is 0 Å². The average molecular weight is 395 g/mol. The number of thiophene rings is 1. The van der Waals surface area contributed by atoms with Crippen LogP contribution in [-0.2, 0) is 0 Å². The van der Waals surface area contributed by atoms with E-state index in [2.05, 4.69) is 10.3 Å². The molecule has 3 aromatic heterocycles. The number of fused-ring (bicyclic) bond motifs is 2. The van der Waals surface area contributed by atoms with Gasteiger partial charge in [-0.15, -0.1) is 11.3 Å². The van der Waals surface area contributed by atoms with E-state index in [1.807, 2.05) is 85.1 Å². The van der Waals surface area contributed by atoms with E-state index in [0.717, 1.165) is 43.8 Å². The number of anilines is 1. The molecule has 4 nitrogen and oxygen atoms in total. The molecule has 0 aliphatic carbocycles. The number of pyridine rings is 2. The Balaban J connectivity index is 1.64. The predicted octanol–water partition coefficient (Wildman–Crippen LogP) is 6.07. The SMILES string of the molecule is Cc1cc(NC(=O)c2cc(-c3cccs3)nc3ccccc23)c2ccccc2n1. The van der Waals surface area contributed by atoms with Crippen molar-refractivity contribution in [2.45, 2.75) is 6.92 Å². The standard InChI is InChI=1S/C24H17N3OS/c1-15-13-21(17-8-3-5-10-20(17)25-15)27-24(28)18-14-22(23-11-6-12-29-23)26-19-9-4-2-7-16(18)19/h2-14H,1H3,(H,25,27,28). The number of hydrogen-bond donors (Lipinski definition) is 1. The highest BCUT2D eigenvalue weighted by Crippen LogP contribution is 2.29. The Morgan fingerprint density at radius 2 is 1.59 bits per heavy atom. The van der Waals surface area contributed by atoms with Crippen LogP contribution < -0.4 is 5.32 Å². The first kappa shape index (κ1) is 17.5. The maximum absolute atomic E-state index is 13.3. The highest BCUT2D eigenvalue weighted by molar-refractivity contribution is 7.13. The third-order valence-electron chi connectivity index (χ3n) is 4.83. The number of carbonyl (C=O) groups excluding carboxylic acids is 1. The first-order chi connectivity index (χ1) is 14.2. The number of aryl methyl sites for hydroxylation is 1. The van der Waals surface area contributed by atoms with Crippen LogP contribution in [0.3, 0.4) is 0 Å². The molecule has 0 aliphatic heterocycles. The van der Waals surface area contributed by atoms with E-state index in [-0.39, 0.29) is 5.91 Å². The zero-order valence-corrected chi connectivity index (χ0v) is 16.5. The number of para-hydroxylation sites is 2. The summed E-state index contributed by atoms with van der Waals surface area (Å²) in [6.45, 7) is 1.93. The number of aromatic nitrogens is 2. The van der Waals surface area contributed by atoms with E-state index in [1.54, 1.807) is 11.3 Å². The number of benzene rings is 2. The van der Waals surface area contributed by atoms with Crippen LogP contribution in [0.4, 0.5) is 5.69 Å². The van der Waals surface area contributed by atoms with Gasteiger partial charge in [-0.25, -0.2) is 4.98 Å². The molecule has 5 rings (SSSR count). The van der Waals surface area contributed by atoms with Gasteiger partial charge < -0.3 is 5.32 Å². The van der Waals surface area contributed by atoms with Gasteiger partial charge in [0.2, 0.25) is 0 Å². The van der Waals surface area contributed by atoms with Crippen molar-refractivity contribution in [3.8, 4) is 10.6 Å². The van der Waals surface area contributed by atoms with Gasteiger partial charge in [0.05, 0.1) is 32.9 Å². The lowest BCUT2D eigenvalue weighted by Gasteiger charge is -2.12. The van der Waals surface area contributed by atoms with Crippen LogP contribution in [-0.4, -0.2) is 15.9 Å². The summed E-state index contributed by atoms with van der Waals surface area (Å²) in [6.07, 6.45) is 0. The topological polar surface area (TPSA) is 54.9 Å². The molecule has 1 amide bonds. The highest BCUT2D eigenvalue weighted by atomic mass is 32.1. The molecule has 0 spiro atoms. The van der Waals surface area contributed by atoms with E-state index in [4.69, 9.17) is 4.98 Å². The second kappa shape index (κ2) is 7.11. The van der Waals surface area contributed by atoms with Crippen molar-refractivity contribution < 1.29 is 4.79 Å². The first-order valence-corrected chi connectivity index (χ1v) is 10.2. The van der Waals surface area contributed by atoms with Gasteiger partial charge in [0.25, 0.3) is 5.91 Å². The van der Waals surface area contributed by atoms with Gasteiger partial charge in [0.15, 0.2) is 0 Å². The molecular formula is C24H17N3OS. The summed E-state index contributed by atoms with van der Waals surface area (Å²) in [5.74, 6) is -0.155. The van der Waals surface area contributed by atoms with Crippen molar-refractivity contribution in [1.82, 2.24) is 9.97 Å². The lowest BCUT2D eigenvalue weighted by Crippen LogP contribution is -2.13. The second-order valence-electron chi connectivity index (χ2n) is 6.83. The highest BCUT2D eigenvalue weighted by Gasteiger charge is 2.16. The van der Waals surface area contributed by atoms with Crippen LogP contribution in [0.15, 0.2) is 78.2 Å². The lowest BCUT2D eigenvalue weighted by molar-refractivity contribution is 0.102. The third kappa shape index (κ3) is 3.26. The van der Waals surface area contributed by atoms with Gasteiger partial charge in [-0.3, -0.25) is 9.78 Å². The smallest absolute Gasteiger partial charge is 0.256 e. The largest absolute Gasteiger partial charge is 0.321 e. The Hall–Kier alpha value is -3.57. The zero-order valence-electron chi connectivity index (χ0n) is 15.7. The van der Waals surface area contributed by atoms with Crippen LogP contribution in [0, 0.1) is 6.92 Å². The minimum Gasteiger partial charge on any atom is -0.321 e. The molecule has 0 fully saturated rings. The molecular weight excluding hydrogens is 378 g/mol. The van der Waals surface area contributed by atoms with Crippen molar-refractivity contribution in [1.29, 1.82) is 0 Å². The van der Waals surface area contributed by atoms with Gasteiger partial charge in [0, 0.05) is 16.5 Å². The van der Waals surface area contributed by atoms with E-state index < -0.39 is 0 Å². The third-order valence-corrected chi connectivity index (χ3v) is 5.72. The fourth-order valence-electron chi connectivity index (χ4n) is 3.51. The molecule has 0 radical (unpaired) electrons. The molecule has 0 unspecified atom stereocenters. The number of rotatable bonds is 3. The van der Waals surface area contributed by atoms with Gasteiger partial charge in [-0.05, 0) is 42.6 Å². The molecule has 0 bridgehead atoms. The molecule has 5 heteroatoms. The van der Waals surface area contributed by atoms with Gasteiger partial charge in [-0.1, -0.05) is 42.5 Å². The lowest BCUT2D eigenvalue weighted by atomic mass is 10.1. The van der Waals surface area contributed by atoms with Gasteiger partial charge in [-0.2, -0.15) is 0 Å². The number of nitrogens with zero attached hydrogens (tertiary/aromatic N) is 2. The summed E-state index contributed by atoms with van der Waals surface area (Å²) in [6, 6.07) is 23.4. The fourth-order valence-corrected chi connectivity index (χ4v) is 4.20. The van der Waals surface area contributed by atoms with Gasteiger partial charge >= 0.3 is 0 Å². The van der Waals surface area contributed by atoms with Crippen molar-refractivity contribution in [2.24, 2.45) is 0 Å². The van der Waals surface area contributed by atoms with E-state index in [1.165, 1.54) is 0 Å². The fraction of sp³-hybridized carbons (Fsp3) is 0.0417. The van der Waals surface area contributed by atoms with Crippen molar-refractivity contribution in [3.63, 3.8) is 0 Å². The molecule has 29 heavy (non-hydrogen) atoms. The Kier molecular flexibility index (Phi) is 4.30. The molecule has 140 valence electrons. The number of hydrogen-bond acceptors (Lipinski definition) is 4. The molecule has 0 atom stereocenters. The maximum Gasteiger partial charge on any atom is 0.256 e. The van der Waals surface area contributed by atoms with Crippen molar-refractivity contribution in [3.05, 3.63) is 89.4 Å². The summed E-state index contributed by atoms with van der Waals surface area (Å²) in [5, 5.41) is 6.87. The maximum atomic E-state index is 13.3. The molecule has 1 N–H and O–H groups in total. The van der Waals surface area contributed by atoms with E-state index in [9.17, 15) is 4.79 Å². The van der Waals surface area contributed by atoms with Crippen LogP contribution in [0.1, 0.15) is 16.1 Å². The monoisotopic (exact) mass is 395 g/mol. The van der Waals surface area contributed by atoms with E-state index in [0.29, 0.717) is 5.56 Å². The Morgan fingerprint density at radius 1 is 0.862 bits per heavy atom. The number of carbonyl (C=O) groups is 1. The summed E-state index contributed by atoms with van der Waals surface area (Å²) in [4.78, 5) is 23.7. The molecule has 5 aromatic rings. The molecule has 2 aromatic carbocycles. The first-order valence-electron chi connectivity index (χ1n) is 9.30. The Morgan fingerprint density at radius 3 is 2.34 bits per heavy atom. The molecule has 0 saturated heterocycles. The Bertz CT molecular complexity index is 1360. The normalized spacial score (nSPS) is 11.1. The van der Waals surface area contributed by atoms with Crippen LogP contribution in [0.2, 0.25) is 0 Å². The second-order valence-corrected chi connectivity index (χ2v) is 7.78. The molecule has 0 saturated carbocycles. The predicted molar refractivity (Wildman–Crippen MR) is 119 cm³/mol. The number of nitrogens with one attached hydrogen (secondary N) is 1. The minimum atomic E-state index is -0.155. The minimum absolute atomic E-state index is 0.155. The summed E-state index contributed by atoms with van der Waals surface area (Å²) in [5.41, 5.74) is 4.70. The van der Waals surface area contributed by atoms with Gasteiger partial charge in [0.1, 0.15) is 0 Å². The van der Waals surface area contributed by atoms with Crippen LogP contribution in [0.25, 0.3) is 32.4 Å². The molecule has 0 aliphatic rings. The summed E-state index contributed by atoms with van der Waals surface area (Å²) >= 11 is 1.61. The quantitative estimate of drug-likeness (QED) is 0.403. The summed E-state index contributed by atoms with van der Waals surface area (Å²) < 4.78 is 0. The number of amides is 1. The molecule has 3 heterocycles. The van der Waals surface area contributed by atoms with Crippen LogP contribution >= 0.6 is 11.3 Å². The van der Waals surface area contributed by atoms with Crippen molar-refractivity contribution >= 4 is 44.7 Å². The average Bonchev–Trinajstić information content (AvgIpc) is 3.28. The van der Waals surface area contributed by atoms with Crippen LogP contribution in [0.5, 0.6) is 0 Å². The Labute approximate surface area is 171 Å². The zero-order chi connectivity index (χ0) is 19.8. The van der Waals surface area contributed by atoms with Crippen molar-refractivity contribution in [2.75, 3.05) is 5.32 Å².